The van der Waals surface area contributed by atoms with Gasteiger partial charge in [-0.3, -0.25) is 0 Å². The Morgan fingerprint density at radius 3 is 0.333 bits per heavy atom. The molecule has 0 radical (unpaired) electrons. The molecule has 0 rings (SSSR count). The topological polar surface area (TPSA) is 33.5 Å². The Kier molecular flexibility index (Phi) is 771. The Morgan fingerprint density at radius 2 is 0.333 bits per heavy atom. The van der Waals surface area contributed by atoms with Gasteiger partial charge in [0.1, 0.15) is 0 Å². The van der Waals surface area contributed by atoms with E-state index in [1.165, 1.54) is 0 Å². The number of hydrogen-bond acceptors (Lipinski definition) is 0. The van der Waals surface area contributed by atoms with Crippen molar-refractivity contribution in [3.8, 4) is 0 Å². The first-order chi connectivity index (χ1) is 1.00. The third-order valence-corrected chi connectivity index (χ3v) is 0. The second-order valence-corrected chi connectivity index (χ2v) is 0. The number of nitrogens with two attached hydrogens (primary N) is 1. The van der Waals surface area contributed by atoms with Crippen molar-refractivity contribution in [2.24, 2.45) is 0 Å². The summed E-state index contributed by atoms with van der Waals surface area (Å²) in [5, 5.41) is 0. The van der Waals surface area contributed by atoms with Crippen molar-refractivity contribution in [2.75, 3.05) is 0 Å². The quantitative estimate of drug-likeness (QED) is 0.343. The number of rotatable bonds is 0. The predicted molar refractivity (Wildman–Crippen MR) is 5.28 cm³/mol. The van der Waals surface area contributed by atoms with Crippen LogP contribution in [0.2, 0.25) is 0 Å². The molecule has 0 amide bonds. The van der Waals surface area contributed by atoms with Crippen molar-refractivity contribution in [1.29, 1.82) is 0 Å². The summed E-state index contributed by atoms with van der Waals surface area (Å²) in [6, 6.07) is 0. The van der Waals surface area contributed by atoms with E-state index in [2.05, 4.69) is 0 Å². The first-order valence-corrected chi connectivity index (χ1v) is 11.2. The van der Waals surface area contributed by atoms with E-state index in [1.54, 1.807) is 32.4 Å². The molecule has 0 unspecified atom stereocenters. The van der Waals surface area contributed by atoms with Crippen molar-refractivity contribution in [1.82, 2.24) is 0 Å². The van der Waals surface area contributed by atoms with Gasteiger partial charge in [-0.25, -0.2) is 0 Å². The molecule has 0 spiro atoms. The third kappa shape index (κ3) is 84.5. The molecule has 74 valence electrons. The fraction of sp³-hybridized carbons (Fsp3) is 0. The predicted octanol–water partition coefficient (Wildman–Crippen LogP) is 0.690. The summed E-state index contributed by atoms with van der Waals surface area (Å²) in [5.41, 5.74) is 0. The molecule has 0 aliphatic rings. The molecule has 12 heavy (non-hydrogen) atoms. The van der Waals surface area contributed by atoms with Crippen LogP contribution < -0.4 is 0 Å². The van der Waals surface area contributed by atoms with Crippen LogP contribution in [-0.4, -0.2) is 0 Å². The van der Waals surface area contributed by atoms with Gasteiger partial charge in [0.2, 0.25) is 0 Å². The van der Waals surface area contributed by atoms with E-state index in [0.717, 1.165) is 0 Å². The van der Waals surface area contributed by atoms with Crippen LogP contribution in [0.1, 0.15) is 0 Å². The van der Waals surface area contributed by atoms with Gasteiger partial charge in [0.15, 0.2) is 0 Å². The zero-order chi connectivity index (χ0) is 2.00. The van der Waals surface area contributed by atoms with Crippen molar-refractivity contribution < 1.29 is 222 Å². The summed E-state index contributed by atoms with van der Waals surface area (Å²) in [4.78, 5) is 0. The van der Waals surface area contributed by atoms with E-state index in [-0.39, 0.29) is 196 Å². The van der Waals surface area contributed by atoms with Crippen molar-refractivity contribution >= 4 is 0 Å². The fourth-order valence-electron chi connectivity index (χ4n) is 0. The van der Waals surface area contributed by atoms with Crippen LogP contribution in [0, 0.1) is 0 Å². The van der Waals surface area contributed by atoms with Crippen molar-refractivity contribution in [3.05, 3.63) is 6.15 Å². The van der Waals surface area contributed by atoms with E-state index in [9.17, 15) is 0 Å². The number of hydrogen-bond donors (Lipinski definition) is 0. The van der Waals surface area contributed by atoms with Crippen LogP contribution in [0.5, 0.6) is 0 Å². The van der Waals surface area contributed by atoms with Gasteiger partial charge in [-0.2, -0.15) is 0 Å². The molecule has 0 aliphatic carbocycles. The van der Waals surface area contributed by atoms with Crippen LogP contribution in [0.15, 0.2) is 0 Å². The van der Waals surface area contributed by atoms with Gasteiger partial charge >= 0.3 is 32.4 Å². The normalized spacial score (nSPS) is 0.333. The molecule has 0 heterocycles. The van der Waals surface area contributed by atoms with E-state index >= 15 is 0 Å². The van der Waals surface area contributed by atoms with Gasteiger partial charge in [-0.05, 0) is 0 Å². The molecule has 2 N–H and O–H groups in total. The SMILES string of the molecule is [NH2-].[W].[W].[W].[W].[W].[W].[W].[W].[W].[W]=[W]. The Labute approximate surface area is 222 Å². The molecule has 0 saturated heterocycles. The van der Waals surface area contributed by atoms with E-state index < -0.39 is 0 Å². The minimum absolute atomic E-state index is 0. The zero-order valence-corrected chi connectivity index (χ0v) is 37.3. The Bertz CT molecular complexity index is 4.97. The van der Waals surface area contributed by atoms with Crippen LogP contribution in [0.4, 0.5) is 0 Å². The third-order valence-electron chi connectivity index (χ3n) is 0. The Balaban J connectivity index is -0.000000000111. The standard InChI is InChI=1S/H2N.11W/h1H2;;;;;;;;;;;/q-1;;;;;;;;;;;. The Hall–Kier alpha value is 7.53. The average molecular weight is 2040 g/mol. The molecular weight excluding hydrogens is 2040 g/mol. The van der Waals surface area contributed by atoms with Crippen LogP contribution in [0.3, 0.4) is 0 Å². The van der Waals surface area contributed by atoms with Gasteiger partial charge in [-0.15, -0.1) is 0 Å². The molecule has 1 nitrogen and oxygen atoms in total. The van der Waals surface area contributed by atoms with Crippen molar-refractivity contribution in [2.45, 2.75) is 0 Å². The molecule has 12 heteroatoms. The zero-order valence-electron chi connectivity index (χ0n) is 5.07. The molecule has 0 bridgehead atoms. The van der Waals surface area contributed by atoms with Crippen LogP contribution >= 0.6 is 0 Å². The maximum absolute atomic E-state index is 1.67. The van der Waals surface area contributed by atoms with Gasteiger partial charge in [0, 0.05) is 190 Å². The van der Waals surface area contributed by atoms with E-state index in [0.29, 0.717) is 0 Å². The maximum atomic E-state index is 1.67. The molecule has 0 aromatic carbocycles. The first kappa shape index (κ1) is 92.2. The second kappa shape index (κ2) is 100. The summed E-state index contributed by atoms with van der Waals surface area (Å²) in [6.07, 6.45) is 0. The van der Waals surface area contributed by atoms with Gasteiger partial charge in [0.05, 0.1) is 0 Å². The van der Waals surface area contributed by atoms with Crippen LogP contribution in [0.25, 0.3) is 6.15 Å². The fourth-order valence-corrected chi connectivity index (χ4v) is 0. The molecule has 0 aromatic heterocycles. The molecule has 0 fully saturated rings. The van der Waals surface area contributed by atoms with E-state index in [1.807, 2.05) is 0 Å². The molecular formula is H2NW11-. The monoisotopic (exact) mass is 2040 g/mol. The second-order valence-electron chi connectivity index (χ2n) is 0. The van der Waals surface area contributed by atoms with Crippen LogP contribution in [-0.2, 0) is 222 Å². The summed E-state index contributed by atoms with van der Waals surface area (Å²) >= 11 is 3.33. The van der Waals surface area contributed by atoms with Crippen molar-refractivity contribution in [3.63, 3.8) is 0 Å². The molecule has 0 aliphatic heterocycles. The van der Waals surface area contributed by atoms with Gasteiger partial charge < -0.3 is 6.15 Å². The molecule has 0 saturated carbocycles. The van der Waals surface area contributed by atoms with Gasteiger partial charge in [-0.1, -0.05) is 0 Å². The first-order valence-electron chi connectivity index (χ1n) is 0.167. The van der Waals surface area contributed by atoms with E-state index in [4.69, 9.17) is 0 Å². The summed E-state index contributed by atoms with van der Waals surface area (Å²) < 4.78 is 0. The summed E-state index contributed by atoms with van der Waals surface area (Å²) in [5.74, 6) is 0. The molecule has 0 aromatic rings. The minimum atomic E-state index is 0. The Morgan fingerprint density at radius 1 is 0.333 bits per heavy atom. The van der Waals surface area contributed by atoms with Gasteiger partial charge in [0.25, 0.3) is 0 Å². The average Bonchev–Trinajstić information content (AvgIpc) is 1.00. The molecule has 0 atom stereocenters. The summed E-state index contributed by atoms with van der Waals surface area (Å²) in [6.45, 7) is 0. The summed E-state index contributed by atoms with van der Waals surface area (Å²) in [7, 11) is 0.